The van der Waals surface area contributed by atoms with Gasteiger partial charge in [-0.3, -0.25) is 4.79 Å². The van der Waals surface area contributed by atoms with E-state index in [0.29, 0.717) is 6.04 Å². The Hall–Kier alpha value is -0.540. The van der Waals surface area contributed by atoms with Gasteiger partial charge in [-0.25, -0.2) is 0 Å². The lowest BCUT2D eigenvalue weighted by Gasteiger charge is -2.29. The molecule has 0 spiro atoms. The number of quaternary nitrogens is 1. The summed E-state index contributed by atoms with van der Waals surface area (Å²) < 4.78 is 0. The zero-order valence-corrected chi connectivity index (χ0v) is 9.48. The van der Waals surface area contributed by atoms with Crippen molar-refractivity contribution in [2.45, 2.75) is 32.4 Å². The first kappa shape index (κ1) is 15.0. The average Bonchev–Trinajstić information content (AvgIpc) is 2.02. The predicted molar refractivity (Wildman–Crippen MR) is 49.7 cm³/mol. The quantitative estimate of drug-likeness (QED) is 0.464. The van der Waals surface area contributed by atoms with Gasteiger partial charge in [-0.2, -0.15) is 0 Å². The third-order valence-corrected chi connectivity index (χ3v) is 2.27. The van der Waals surface area contributed by atoms with Gasteiger partial charge in [0.2, 0.25) is 5.91 Å². The smallest absolute Gasteiger partial charge is 0.244 e. The van der Waals surface area contributed by atoms with Gasteiger partial charge >= 0.3 is 0 Å². The Morgan fingerprint density at radius 3 is 2.38 bits per heavy atom. The standard InChI is InChI=1S/C9H18N2O.ClH/c1-6-8(12)11-9(3,4)7(2)10-5;/h6-7,10H,1H2,2-5H3,(H,11,12);1H. The molecule has 3 N–H and O–H groups in total. The van der Waals surface area contributed by atoms with Crippen LogP contribution in [-0.2, 0) is 4.79 Å². The fourth-order valence-electron chi connectivity index (χ4n) is 0.899. The molecule has 0 saturated heterocycles. The van der Waals surface area contributed by atoms with Crippen LogP contribution in [0.4, 0.5) is 0 Å². The van der Waals surface area contributed by atoms with Crippen molar-refractivity contribution >= 4 is 5.91 Å². The molecule has 0 radical (unpaired) electrons. The topological polar surface area (TPSA) is 45.7 Å². The van der Waals surface area contributed by atoms with Crippen molar-refractivity contribution < 1.29 is 22.5 Å². The average molecular weight is 207 g/mol. The van der Waals surface area contributed by atoms with E-state index >= 15 is 0 Å². The summed E-state index contributed by atoms with van der Waals surface area (Å²) in [6.45, 7) is 9.48. The van der Waals surface area contributed by atoms with E-state index in [4.69, 9.17) is 0 Å². The van der Waals surface area contributed by atoms with Crippen LogP contribution < -0.4 is 23.0 Å². The fraction of sp³-hybridized carbons (Fsp3) is 0.667. The summed E-state index contributed by atoms with van der Waals surface area (Å²) in [7, 11) is 1.99. The molecule has 3 nitrogen and oxygen atoms in total. The van der Waals surface area contributed by atoms with Crippen LogP contribution in [0.25, 0.3) is 0 Å². The van der Waals surface area contributed by atoms with Gasteiger partial charge in [0, 0.05) is 0 Å². The number of rotatable bonds is 4. The summed E-state index contributed by atoms with van der Waals surface area (Å²) in [5.74, 6) is -0.117. The van der Waals surface area contributed by atoms with Crippen molar-refractivity contribution in [1.82, 2.24) is 5.32 Å². The number of halogens is 1. The van der Waals surface area contributed by atoms with Crippen molar-refractivity contribution in [3.05, 3.63) is 12.7 Å². The van der Waals surface area contributed by atoms with Crippen LogP contribution in [0.5, 0.6) is 0 Å². The third-order valence-electron chi connectivity index (χ3n) is 2.27. The maximum absolute atomic E-state index is 11.0. The molecule has 78 valence electrons. The Bertz CT molecular complexity index is 180. The number of carbonyl (C=O) groups excluding carboxylic acids is 1. The molecule has 0 aliphatic rings. The molecule has 0 aromatic carbocycles. The molecular weight excluding hydrogens is 188 g/mol. The lowest BCUT2D eigenvalue weighted by Crippen LogP contribution is -3.00. The molecule has 0 aliphatic heterocycles. The second kappa shape index (κ2) is 6.00. The predicted octanol–water partition coefficient (Wildman–Crippen LogP) is -3.35. The Balaban J connectivity index is 0. The van der Waals surface area contributed by atoms with Crippen molar-refractivity contribution in [2.75, 3.05) is 7.05 Å². The van der Waals surface area contributed by atoms with Crippen molar-refractivity contribution in [2.24, 2.45) is 0 Å². The van der Waals surface area contributed by atoms with Gasteiger partial charge in [0.25, 0.3) is 0 Å². The molecule has 4 heteroatoms. The van der Waals surface area contributed by atoms with Gasteiger partial charge in [-0.15, -0.1) is 0 Å². The van der Waals surface area contributed by atoms with E-state index in [9.17, 15) is 4.79 Å². The Morgan fingerprint density at radius 1 is 1.62 bits per heavy atom. The summed E-state index contributed by atoms with van der Waals surface area (Å²) in [5.41, 5.74) is -0.194. The molecular formula is C9H19ClN2O. The van der Waals surface area contributed by atoms with Crippen LogP contribution >= 0.6 is 0 Å². The van der Waals surface area contributed by atoms with Crippen LogP contribution in [0.2, 0.25) is 0 Å². The first-order chi connectivity index (χ1) is 5.44. The van der Waals surface area contributed by atoms with Crippen LogP contribution in [0.15, 0.2) is 12.7 Å². The minimum Gasteiger partial charge on any atom is -1.00 e. The molecule has 1 unspecified atom stereocenters. The van der Waals surface area contributed by atoms with E-state index in [-0.39, 0.29) is 23.9 Å². The highest BCUT2D eigenvalue weighted by Crippen LogP contribution is 2.04. The SMILES string of the molecule is C=CC(=O)NC(C)(C)C(C)[NH2+]C.[Cl-]. The molecule has 0 aliphatic carbocycles. The van der Waals surface area contributed by atoms with E-state index in [1.54, 1.807) is 0 Å². The van der Waals surface area contributed by atoms with E-state index in [1.165, 1.54) is 6.08 Å². The molecule has 0 saturated carbocycles. The largest absolute Gasteiger partial charge is 1.00 e. The van der Waals surface area contributed by atoms with Gasteiger partial charge in [-0.05, 0) is 26.8 Å². The second-order valence-electron chi connectivity index (χ2n) is 3.54. The first-order valence-corrected chi connectivity index (χ1v) is 4.18. The number of hydrogen-bond acceptors (Lipinski definition) is 1. The van der Waals surface area contributed by atoms with E-state index in [0.717, 1.165) is 0 Å². The lowest BCUT2D eigenvalue weighted by molar-refractivity contribution is -0.667. The number of nitrogens with two attached hydrogens (primary N) is 1. The van der Waals surface area contributed by atoms with E-state index < -0.39 is 0 Å². The highest BCUT2D eigenvalue weighted by Gasteiger charge is 2.28. The van der Waals surface area contributed by atoms with Crippen molar-refractivity contribution in [3.8, 4) is 0 Å². The fourth-order valence-corrected chi connectivity index (χ4v) is 0.899. The van der Waals surface area contributed by atoms with Crippen LogP contribution in [-0.4, -0.2) is 24.5 Å². The number of hydrogen-bond donors (Lipinski definition) is 2. The molecule has 0 bridgehead atoms. The summed E-state index contributed by atoms with van der Waals surface area (Å²) in [6, 6.07) is 0.349. The molecule has 0 aromatic rings. The second-order valence-corrected chi connectivity index (χ2v) is 3.54. The van der Waals surface area contributed by atoms with E-state index in [2.05, 4.69) is 24.1 Å². The molecule has 13 heavy (non-hydrogen) atoms. The summed E-state index contributed by atoms with van der Waals surface area (Å²) in [4.78, 5) is 11.0. The maximum Gasteiger partial charge on any atom is 0.244 e. The Morgan fingerprint density at radius 2 is 2.08 bits per heavy atom. The molecule has 0 heterocycles. The number of nitrogens with one attached hydrogen (secondary N) is 1. The normalized spacial score (nSPS) is 12.6. The summed E-state index contributed by atoms with van der Waals surface area (Å²) in [5, 5.41) is 4.94. The minimum absolute atomic E-state index is 0. The van der Waals surface area contributed by atoms with Gasteiger partial charge in [0.15, 0.2) is 0 Å². The first-order valence-electron chi connectivity index (χ1n) is 4.18. The number of likely N-dealkylation sites (N-methyl/N-ethyl adjacent to an activating group) is 1. The van der Waals surface area contributed by atoms with Crippen molar-refractivity contribution in [1.29, 1.82) is 0 Å². The van der Waals surface area contributed by atoms with Crippen LogP contribution in [0.1, 0.15) is 20.8 Å². The van der Waals surface area contributed by atoms with Gasteiger partial charge < -0.3 is 23.0 Å². The molecule has 0 aromatic heterocycles. The van der Waals surface area contributed by atoms with Gasteiger partial charge in [-0.1, -0.05) is 6.58 Å². The van der Waals surface area contributed by atoms with Crippen molar-refractivity contribution in [3.63, 3.8) is 0 Å². The minimum atomic E-state index is -0.194. The van der Waals surface area contributed by atoms with Gasteiger partial charge in [0.05, 0.1) is 12.6 Å². The van der Waals surface area contributed by atoms with Crippen LogP contribution in [0.3, 0.4) is 0 Å². The number of carbonyl (C=O) groups is 1. The zero-order chi connectivity index (χ0) is 9.78. The molecule has 1 atom stereocenters. The van der Waals surface area contributed by atoms with Crippen LogP contribution in [0, 0.1) is 0 Å². The monoisotopic (exact) mass is 206 g/mol. The maximum atomic E-state index is 11.0. The molecule has 0 rings (SSSR count). The zero-order valence-electron chi connectivity index (χ0n) is 8.73. The number of amides is 1. The lowest BCUT2D eigenvalue weighted by atomic mass is 9.96. The summed E-state index contributed by atoms with van der Waals surface area (Å²) in [6.07, 6.45) is 1.30. The Labute approximate surface area is 86.4 Å². The summed E-state index contributed by atoms with van der Waals surface area (Å²) >= 11 is 0. The highest BCUT2D eigenvalue weighted by atomic mass is 35.5. The molecule has 0 fully saturated rings. The Kier molecular flexibility index (Phi) is 6.90. The third kappa shape index (κ3) is 4.90. The van der Waals surface area contributed by atoms with E-state index in [1.807, 2.05) is 20.9 Å². The molecule has 1 amide bonds. The highest BCUT2D eigenvalue weighted by molar-refractivity contribution is 5.87. The van der Waals surface area contributed by atoms with Gasteiger partial charge in [0.1, 0.15) is 6.04 Å².